The van der Waals surface area contributed by atoms with Gasteiger partial charge in [0.05, 0.1) is 0 Å². The molecule has 0 bridgehead atoms. The first-order chi connectivity index (χ1) is 8.41. The lowest BCUT2D eigenvalue weighted by atomic mass is 9.98. The van der Waals surface area contributed by atoms with Crippen LogP contribution in [0.1, 0.15) is 32.1 Å². The van der Waals surface area contributed by atoms with E-state index in [0.29, 0.717) is 6.42 Å². The summed E-state index contributed by atoms with van der Waals surface area (Å²) in [6, 6.07) is 0. The summed E-state index contributed by atoms with van der Waals surface area (Å²) in [7, 11) is 6.77. The Labute approximate surface area is 116 Å². The maximum atomic E-state index is 12.0. The summed E-state index contributed by atoms with van der Waals surface area (Å²) >= 11 is 4.16. The molecule has 0 saturated carbocycles. The van der Waals surface area contributed by atoms with E-state index in [1.807, 2.05) is 0 Å². The molecule has 0 N–H and O–H groups in total. The van der Waals surface area contributed by atoms with E-state index >= 15 is 0 Å². The van der Waals surface area contributed by atoms with Crippen LogP contribution in [0.5, 0.6) is 0 Å². The van der Waals surface area contributed by atoms with E-state index in [2.05, 4.69) is 12.6 Å². The molecule has 4 nitrogen and oxygen atoms in total. The van der Waals surface area contributed by atoms with Gasteiger partial charge in [0.2, 0.25) is 11.8 Å². The van der Waals surface area contributed by atoms with E-state index in [-0.39, 0.29) is 11.8 Å². The summed E-state index contributed by atoms with van der Waals surface area (Å²) in [5.41, 5.74) is 0. The van der Waals surface area contributed by atoms with E-state index in [1.165, 1.54) is 9.80 Å². The molecule has 0 saturated heterocycles. The fraction of sp³-hybridized carbons (Fsp3) is 0.846. The second kappa shape index (κ2) is 9.25. The van der Waals surface area contributed by atoms with Crippen molar-refractivity contribution in [1.29, 1.82) is 0 Å². The van der Waals surface area contributed by atoms with Crippen LogP contribution in [0.2, 0.25) is 0 Å². The van der Waals surface area contributed by atoms with Crippen molar-refractivity contribution >= 4 is 24.4 Å². The first kappa shape index (κ1) is 17.3. The van der Waals surface area contributed by atoms with Crippen LogP contribution in [0.3, 0.4) is 0 Å². The van der Waals surface area contributed by atoms with Crippen LogP contribution in [0.25, 0.3) is 0 Å². The lowest BCUT2D eigenvalue weighted by Gasteiger charge is -2.22. The summed E-state index contributed by atoms with van der Waals surface area (Å²) in [4.78, 5) is 26.9. The predicted molar refractivity (Wildman–Crippen MR) is 77.8 cm³/mol. The lowest BCUT2D eigenvalue weighted by molar-refractivity contribution is -0.144. The highest BCUT2D eigenvalue weighted by molar-refractivity contribution is 7.80. The standard InChI is InChI=1S/C13H26N2O2S/c1-14(2)12(16)11(13(17)15(3)4)9-7-5-6-8-10-18/h11,18H,5-10H2,1-4H3. The molecule has 0 aliphatic carbocycles. The maximum absolute atomic E-state index is 12.0. The molecule has 0 atom stereocenters. The van der Waals surface area contributed by atoms with Crippen molar-refractivity contribution in [3.63, 3.8) is 0 Å². The van der Waals surface area contributed by atoms with Crippen LogP contribution in [0.4, 0.5) is 0 Å². The summed E-state index contributed by atoms with van der Waals surface area (Å²) in [6.07, 6.45) is 4.82. The van der Waals surface area contributed by atoms with Crippen molar-refractivity contribution in [2.75, 3.05) is 33.9 Å². The van der Waals surface area contributed by atoms with Gasteiger partial charge in [0.1, 0.15) is 5.92 Å². The number of unbranched alkanes of at least 4 members (excludes halogenated alkanes) is 3. The monoisotopic (exact) mass is 274 g/mol. The van der Waals surface area contributed by atoms with E-state index in [0.717, 1.165) is 31.4 Å². The van der Waals surface area contributed by atoms with Gasteiger partial charge in [-0.2, -0.15) is 12.6 Å². The Balaban J connectivity index is 4.31. The van der Waals surface area contributed by atoms with Crippen molar-refractivity contribution < 1.29 is 9.59 Å². The topological polar surface area (TPSA) is 40.6 Å². The maximum Gasteiger partial charge on any atom is 0.234 e. The zero-order valence-corrected chi connectivity index (χ0v) is 12.9. The van der Waals surface area contributed by atoms with Crippen molar-refractivity contribution in [2.24, 2.45) is 5.92 Å². The number of amides is 2. The molecule has 0 rings (SSSR count). The fourth-order valence-corrected chi connectivity index (χ4v) is 2.01. The molecule has 0 fully saturated rings. The quantitative estimate of drug-likeness (QED) is 0.415. The van der Waals surface area contributed by atoms with Gasteiger partial charge in [-0.25, -0.2) is 0 Å². The molecule has 5 heteroatoms. The van der Waals surface area contributed by atoms with E-state index in [9.17, 15) is 9.59 Å². The zero-order valence-electron chi connectivity index (χ0n) is 12.0. The average molecular weight is 274 g/mol. The lowest BCUT2D eigenvalue weighted by Crippen LogP contribution is -2.40. The molecular weight excluding hydrogens is 248 g/mol. The van der Waals surface area contributed by atoms with Gasteiger partial charge in [-0.15, -0.1) is 0 Å². The number of rotatable bonds is 8. The molecule has 0 aliphatic heterocycles. The molecule has 106 valence electrons. The Kier molecular flexibility index (Phi) is 8.89. The van der Waals surface area contributed by atoms with Gasteiger partial charge >= 0.3 is 0 Å². The van der Waals surface area contributed by atoms with Crippen LogP contribution in [0.15, 0.2) is 0 Å². The molecule has 0 aromatic carbocycles. The van der Waals surface area contributed by atoms with Crippen molar-refractivity contribution in [3.05, 3.63) is 0 Å². The van der Waals surface area contributed by atoms with E-state index < -0.39 is 5.92 Å². The first-order valence-corrected chi connectivity index (χ1v) is 7.08. The van der Waals surface area contributed by atoms with Gasteiger partial charge in [-0.05, 0) is 18.6 Å². The van der Waals surface area contributed by atoms with Crippen LogP contribution in [-0.4, -0.2) is 55.6 Å². The summed E-state index contributed by atoms with van der Waals surface area (Å²) in [6.45, 7) is 0. The number of hydrogen-bond acceptors (Lipinski definition) is 3. The minimum atomic E-state index is -0.522. The van der Waals surface area contributed by atoms with Crippen LogP contribution in [0, 0.1) is 5.92 Å². The molecule has 0 aliphatic rings. The summed E-state index contributed by atoms with van der Waals surface area (Å²) < 4.78 is 0. The molecule has 18 heavy (non-hydrogen) atoms. The molecule has 2 amide bonds. The second-order valence-electron chi connectivity index (χ2n) is 4.94. The van der Waals surface area contributed by atoms with Crippen LogP contribution in [-0.2, 0) is 9.59 Å². The first-order valence-electron chi connectivity index (χ1n) is 6.45. The van der Waals surface area contributed by atoms with Crippen molar-refractivity contribution in [2.45, 2.75) is 32.1 Å². The minimum absolute atomic E-state index is 0.0945. The highest BCUT2D eigenvalue weighted by Gasteiger charge is 2.28. The third-order valence-corrected chi connectivity index (χ3v) is 3.19. The second-order valence-corrected chi connectivity index (χ2v) is 5.39. The normalized spacial score (nSPS) is 10.6. The molecule has 0 unspecified atom stereocenters. The van der Waals surface area contributed by atoms with Crippen molar-refractivity contribution in [3.8, 4) is 0 Å². The number of carbonyl (C=O) groups excluding carboxylic acids is 2. The van der Waals surface area contributed by atoms with Gasteiger partial charge in [0, 0.05) is 28.2 Å². The highest BCUT2D eigenvalue weighted by atomic mass is 32.1. The number of hydrogen-bond donors (Lipinski definition) is 1. The third-order valence-electron chi connectivity index (χ3n) is 2.88. The molecule has 0 aromatic rings. The summed E-state index contributed by atoms with van der Waals surface area (Å²) in [5, 5.41) is 0. The Hall–Kier alpha value is -0.710. The largest absolute Gasteiger partial charge is 0.348 e. The van der Waals surface area contributed by atoms with Crippen LogP contribution < -0.4 is 0 Å². The molecule has 0 spiro atoms. The number of nitrogens with zero attached hydrogens (tertiary/aromatic N) is 2. The SMILES string of the molecule is CN(C)C(=O)C(CCCCCCS)C(=O)N(C)C. The molecular formula is C13H26N2O2S. The average Bonchev–Trinajstić information content (AvgIpc) is 2.32. The van der Waals surface area contributed by atoms with Gasteiger partial charge in [0.25, 0.3) is 0 Å². The number of carbonyl (C=O) groups is 2. The molecule has 0 heterocycles. The van der Waals surface area contributed by atoms with E-state index in [1.54, 1.807) is 28.2 Å². The number of thiol groups is 1. The minimum Gasteiger partial charge on any atom is -0.348 e. The van der Waals surface area contributed by atoms with Gasteiger partial charge in [-0.1, -0.05) is 19.3 Å². The van der Waals surface area contributed by atoms with Crippen LogP contribution >= 0.6 is 12.6 Å². The Morgan fingerprint density at radius 3 is 1.72 bits per heavy atom. The Morgan fingerprint density at radius 2 is 1.33 bits per heavy atom. The van der Waals surface area contributed by atoms with Gasteiger partial charge < -0.3 is 9.80 Å². The highest BCUT2D eigenvalue weighted by Crippen LogP contribution is 2.15. The zero-order chi connectivity index (χ0) is 14.1. The molecule has 0 radical (unpaired) electrons. The third kappa shape index (κ3) is 6.28. The smallest absolute Gasteiger partial charge is 0.234 e. The Bertz CT molecular complexity index is 248. The predicted octanol–water partition coefficient (Wildman–Crippen LogP) is 1.66. The van der Waals surface area contributed by atoms with E-state index in [4.69, 9.17) is 0 Å². The van der Waals surface area contributed by atoms with Gasteiger partial charge in [-0.3, -0.25) is 9.59 Å². The summed E-state index contributed by atoms with van der Waals surface area (Å²) in [5.74, 6) is 0.188. The Morgan fingerprint density at radius 1 is 0.889 bits per heavy atom. The fourth-order valence-electron chi connectivity index (χ4n) is 1.79. The van der Waals surface area contributed by atoms with Gasteiger partial charge in [0.15, 0.2) is 0 Å². The van der Waals surface area contributed by atoms with Crippen molar-refractivity contribution in [1.82, 2.24) is 9.80 Å². The molecule has 0 aromatic heterocycles.